The van der Waals surface area contributed by atoms with Crippen molar-refractivity contribution in [2.45, 2.75) is 33.3 Å². The highest BCUT2D eigenvalue weighted by Crippen LogP contribution is 2.31. The van der Waals surface area contributed by atoms with Crippen molar-refractivity contribution in [1.82, 2.24) is 4.98 Å². The summed E-state index contributed by atoms with van der Waals surface area (Å²) in [5, 5.41) is 1.74. The molecule has 2 rings (SSSR count). The van der Waals surface area contributed by atoms with Crippen LogP contribution in [-0.2, 0) is 0 Å². The van der Waals surface area contributed by atoms with Crippen LogP contribution >= 0.6 is 11.3 Å². The van der Waals surface area contributed by atoms with Crippen molar-refractivity contribution in [2.24, 2.45) is 0 Å². The van der Waals surface area contributed by atoms with Crippen molar-refractivity contribution in [3.8, 4) is 17.0 Å². The normalized spacial score (nSPS) is 11.6. The second kappa shape index (κ2) is 4.61. The third kappa shape index (κ3) is 3.01. The zero-order valence-corrected chi connectivity index (χ0v) is 12.0. The molecule has 0 saturated heterocycles. The zero-order valence-electron chi connectivity index (χ0n) is 11.2. The summed E-state index contributed by atoms with van der Waals surface area (Å²) in [6, 6.07) is 7.89. The number of rotatable bonds is 2. The Kier molecular flexibility index (Phi) is 3.30. The first-order chi connectivity index (χ1) is 8.35. The average Bonchev–Trinajstić information content (AvgIpc) is 2.57. The molecule has 0 radical (unpaired) electrons. The second-order valence-electron chi connectivity index (χ2n) is 5.18. The van der Waals surface area contributed by atoms with Gasteiger partial charge in [0, 0.05) is 5.56 Å². The largest absolute Gasteiger partial charge is 0.488 e. The highest BCUT2D eigenvalue weighted by molar-refractivity contribution is 7.16. The van der Waals surface area contributed by atoms with Crippen LogP contribution in [-0.4, -0.2) is 10.6 Å². The van der Waals surface area contributed by atoms with Crippen LogP contribution in [0.4, 0.5) is 5.00 Å². The molecule has 1 heterocycles. The number of hydrogen-bond acceptors (Lipinski definition) is 4. The van der Waals surface area contributed by atoms with Crippen molar-refractivity contribution in [1.29, 1.82) is 0 Å². The molecule has 18 heavy (non-hydrogen) atoms. The van der Waals surface area contributed by atoms with Crippen molar-refractivity contribution < 1.29 is 4.74 Å². The van der Waals surface area contributed by atoms with Gasteiger partial charge in [0.05, 0.1) is 5.01 Å². The van der Waals surface area contributed by atoms with Gasteiger partial charge < -0.3 is 10.5 Å². The Labute approximate surface area is 112 Å². The van der Waals surface area contributed by atoms with Gasteiger partial charge in [-0.3, -0.25) is 0 Å². The fourth-order valence-electron chi connectivity index (χ4n) is 1.68. The number of benzene rings is 1. The fourth-order valence-corrected chi connectivity index (χ4v) is 2.40. The van der Waals surface area contributed by atoms with Crippen LogP contribution < -0.4 is 10.5 Å². The number of anilines is 1. The van der Waals surface area contributed by atoms with E-state index in [2.05, 4.69) is 4.98 Å². The molecular formula is C14H18N2OS. The maximum Gasteiger partial charge on any atom is 0.120 e. The summed E-state index contributed by atoms with van der Waals surface area (Å²) in [6.07, 6.45) is 0. The third-order valence-electron chi connectivity index (χ3n) is 2.31. The molecule has 96 valence electrons. The van der Waals surface area contributed by atoms with Crippen molar-refractivity contribution in [3.63, 3.8) is 0 Å². The molecule has 2 N–H and O–H groups in total. The molecule has 3 nitrogen and oxygen atoms in total. The Balaban J connectivity index is 2.25. The minimum absolute atomic E-state index is 0.183. The Morgan fingerprint density at radius 3 is 2.22 bits per heavy atom. The Morgan fingerprint density at radius 1 is 1.17 bits per heavy atom. The molecule has 0 atom stereocenters. The molecule has 0 amide bonds. The molecule has 0 spiro atoms. The summed E-state index contributed by atoms with van der Waals surface area (Å²) in [5.74, 6) is 0.858. The summed E-state index contributed by atoms with van der Waals surface area (Å²) in [4.78, 5) is 4.44. The maximum absolute atomic E-state index is 5.94. The van der Waals surface area contributed by atoms with E-state index in [9.17, 15) is 0 Å². The number of ether oxygens (including phenoxy) is 1. The zero-order chi connectivity index (χ0) is 13.3. The Hall–Kier alpha value is -1.55. The highest BCUT2D eigenvalue weighted by Gasteiger charge is 2.12. The first kappa shape index (κ1) is 12.9. The van der Waals surface area contributed by atoms with E-state index >= 15 is 0 Å². The summed E-state index contributed by atoms with van der Waals surface area (Å²) in [6.45, 7) is 8.05. The number of hydrogen-bond donors (Lipinski definition) is 1. The van der Waals surface area contributed by atoms with Crippen LogP contribution in [0.15, 0.2) is 24.3 Å². The van der Waals surface area contributed by atoms with E-state index in [0.29, 0.717) is 0 Å². The second-order valence-corrected chi connectivity index (χ2v) is 6.42. The number of aromatic nitrogens is 1. The molecule has 4 heteroatoms. The van der Waals surface area contributed by atoms with Gasteiger partial charge in [-0.15, -0.1) is 11.3 Å². The predicted molar refractivity (Wildman–Crippen MR) is 77.1 cm³/mol. The molecule has 0 fully saturated rings. The Bertz CT molecular complexity index is 538. The van der Waals surface area contributed by atoms with Gasteiger partial charge in [0.1, 0.15) is 22.0 Å². The predicted octanol–water partition coefficient (Wildman–Crippen LogP) is 3.88. The van der Waals surface area contributed by atoms with Crippen molar-refractivity contribution >= 4 is 16.3 Å². The molecule has 1 aromatic heterocycles. The number of nitrogens with two attached hydrogens (primary N) is 1. The third-order valence-corrected chi connectivity index (χ3v) is 3.11. The number of aryl methyl sites for hydroxylation is 1. The van der Waals surface area contributed by atoms with Gasteiger partial charge in [0.2, 0.25) is 0 Å². The van der Waals surface area contributed by atoms with Gasteiger partial charge >= 0.3 is 0 Å². The van der Waals surface area contributed by atoms with Crippen LogP contribution in [0.2, 0.25) is 0 Å². The summed E-state index contributed by atoms with van der Waals surface area (Å²) in [7, 11) is 0. The smallest absolute Gasteiger partial charge is 0.120 e. The molecular weight excluding hydrogens is 244 g/mol. The molecule has 0 aliphatic heterocycles. The minimum Gasteiger partial charge on any atom is -0.488 e. The van der Waals surface area contributed by atoms with E-state index in [-0.39, 0.29) is 5.60 Å². The minimum atomic E-state index is -0.183. The molecule has 0 aliphatic carbocycles. The van der Waals surface area contributed by atoms with Gasteiger partial charge in [0.15, 0.2) is 0 Å². The van der Waals surface area contributed by atoms with Gasteiger partial charge in [-0.1, -0.05) is 0 Å². The van der Waals surface area contributed by atoms with E-state index in [1.807, 2.05) is 52.0 Å². The van der Waals surface area contributed by atoms with Crippen LogP contribution in [0.5, 0.6) is 5.75 Å². The molecule has 0 saturated carbocycles. The summed E-state index contributed by atoms with van der Waals surface area (Å²) < 4.78 is 5.78. The molecule has 2 aromatic rings. The summed E-state index contributed by atoms with van der Waals surface area (Å²) in [5.41, 5.74) is 7.64. The molecule has 1 aromatic carbocycles. The van der Waals surface area contributed by atoms with Crippen LogP contribution in [0.3, 0.4) is 0 Å². The van der Waals surface area contributed by atoms with E-state index in [1.54, 1.807) is 0 Å². The monoisotopic (exact) mass is 262 g/mol. The van der Waals surface area contributed by atoms with Crippen molar-refractivity contribution in [2.75, 3.05) is 5.73 Å². The lowest BCUT2D eigenvalue weighted by molar-refractivity contribution is 0.131. The van der Waals surface area contributed by atoms with Crippen LogP contribution in [0, 0.1) is 6.92 Å². The average molecular weight is 262 g/mol. The summed E-state index contributed by atoms with van der Waals surface area (Å²) >= 11 is 1.51. The Morgan fingerprint density at radius 2 is 1.78 bits per heavy atom. The number of nitrogens with zero attached hydrogens (tertiary/aromatic N) is 1. The number of thiazole rings is 1. The topological polar surface area (TPSA) is 48.1 Å². The first-order valence-corrected chi connectivity index (χ1v) is 6.69. The van der Waals surface area contributed by atoms with E-state index in [0.717, 1.165) is 27.0 Å². The lowest BCUT2D eigenvalue weighted by Crippen LogP contribution is -2.22. The van der Waals surface area contributed by atoms with Gasteiger partial charge in [-0.25, -0.2) is 4.98 Å². The first-order valence-electron chi connectivity index (χ1n) is 5.87. The van der Waals surface area contributed by atoms with E-state index in [4.69, 9.17) is 10.5 Å². The van der Waals surface area contributed by atoms with Crippen LogP contribution in [0.1, 0.15) is 25.8 Å². The standard InChI is InChI=1S/C14H18N2OS/c1-9-16-12(13(15)18-9)10-5-7-11(8-6-10)17-14(2,3)4/h5-8H,15H2,1-4H3. The lowest BCUT2D eigenvalue weighted by atomic mass is 10.1. The van der Waals surface area contributed by atoms with Gasteiger partial charge in [0.25, 0.3) is 0 Å². The van der Waals surface area contributed by atoms with E-state index < -0.39 is 0 Å². The lowest BCUT2D eigenvalue weighted by Gasteiger charge is -2.21. The molecule has 0 bridgehead atoms. The quantitative estimate of drug-likeness (QED) is 0.893. The van der Waals surface area contributed by atoms with E-state index in [1.165, 1.54) is 11.3 Å². The van der Waals surface area contributed by atoms with Gasteiger partial charge in [-0.2, -0.15) is 0 Å². The van der Waals surface area contributed by atoms with Crippen LogP contribution in [0.25, 0.3) is 11.3 Å². The van der Waals surface area contributed by atoms with Gasteiger partial charge in [-0.05, 0) is 52.0 Å². The van der Waals surface area contributed by atoms with Crippen molar-refractivity contribution in [3.05, 3.63) is 29.3 Å². The number of nitrogen functional groups attached to an aromatic ring is 1. The SMILES string of the molecule is Cc1nc(-c2ccc(OC(C)(C)C)cc2)c(N)s1. The highest BCUT2D eigenvalue weighted by atomic mass is 32.1. The molecule has 0 aliphatic rings. The fraction of sp³-hybridized carbons (Fsp3) is 0.357. The molecule has 0 unspecified atom stereocenters. The maximum atomic E-state index is 5.94.